The highest BCUT2D eigenvalue weighted by molar-refractivity contribution is 6.02. The molecule has 0 saturated carbocycles. The first-order chi connectivity index (χ1) is 7.95. The predicted octanol–water partition coefficient (Wildman–Crippen LogP) is 1.56. The lowest BCUT2D eigenvalue weighted by atomic mass is 10.2. The number of carbonyl (C=O) groups excluding carboxylic acids is 1. The van der Waals surface area contributed by atoms with E-state index in [0.29, 0.717) is 17.8 Å². The van der Waals surface area contributed by atoms with E-state index in [9.17, 15) is 9.18 Å². The van der Waals surface area contributed by atoms with Gasteiger partial charge in [-0.05, 0) is 37.6 Å². The van der Waals surface area contributed by atoms with Crippen LogP contribution in [0, 0.1) is 18.2 Å². The lowest BCUT2D eigenvalue weighted by Gasteiger charge is -2.22. The summed E-state index contributed by atoms with van der Waals surface area (Å²) >= 11 is 0. The number of hydrogen-bond acceptors (Lipinski definition) is 2. The molecule has 4 N–H and O–H groups in total. The molecule has 92 valence electrons. The first-order valence-corrected chi connectivity index (χ1v) is 5.14. The molecule has 0 aromatic heterocycles. The molecular weight excluding hydrogens is 223 g/mol. The molecule has 0 spiro atoms. The number of guanidine groups is 1. The minimum absolute atomic E-state index is 0.353. The molecular formula is C11H15FN4O. The molecule has 0 saturated heterocycles. The Bertz CT molecular complexity index is 447. The van der Waals surface area contributed by atoms with Crippen molar-refractivity contribution in [1.82, 2.24) is 5.32 Å². The zero-order chi connectivity index (χ0) is 13.0. The van der Waals surface area contributed by atoms with Crippen molar-refractivity contribution in [2.75, 3.05) is 11.4 Å². The third-order valence-corrected chi connectivity index (χ3v) is 2.25. The van der Waals surface area contributed by atoms with Gasteiger partial charge >= 0.3 is 6.03 Å². The smallest absolute Gasteiger partial charge is 0.328 e. The van der Waals surface area contributed by atoms with Gasteiger partial charge < -0.3 is 5.73 Å². The summed E-state index contributed by atoms with van der Waals surface area (Å²) in [6.45, 7) is 3.89. The van der Waals surface area contributed by atoms with Crippen molar-refractivity contribution in [3.8, 4) is 0 Å². The van der Waals surface area contributed by atoms with E-state index < -0.39 is 12.0 Å². The molecule has 0 aliphatic carbocycles. The van der Waals surface area contributed by atoms with E-state index >= 15 is 0 Å². The molecule has 0 aliphatic heterocycles. The van der Waals surface area contributed by atoms with Gasteiger partial charge in [-0.2, -0.15) is 0 Å². The van der Waals surface area contributed by atoms with Crippen LogP contribution in [0.3, 0.4) is 0 Å². The second kappa shape index (κ2) is 5.29. The molecule has 1 aromatic rings. The zero-order valence-electron chi connectivity index (χ0n) is 9.75. The van der Waals surface area contributed by atoms with E-state index in [1.54, 1.807) is 13.8 Å². The van der Waals surface area contributed by atoms with E-state index in [0.717, 1.165) is 0 Å². The van der Waals surface area contributed by atoms with Gasteiger partial charge in [0.05, 0.1) is 0 Å². The number of amides is 2. The fraction of sp³-hybridized carbons (Fsp3) is 0.273. The summed E-state index contributed by atoms with van der Waals surface area (Å²) < 4.78 is 13.0. The van der Waals surface area contributed by atoms with E-state index in [4.69, 9.17) is 11.1 Å². The number of benzene rings is 1. The number of nitrogens with zero attached hydrogens (tertiary/aromatic N) is 1. The topological polar surface area (TPSA) is 82.2 Å². The van der Waals surface area contributed by atoms with Crippen LogP contribution >= 0.6 is 0 Å². The zero-order valence-corrected chi connectivity index (χ0v) is 9.75. The first kappa shape index (κ1) is 13.0. The van der Waals surface area contributed by atoms with E-state index in [1.165, 1.54) is 23.1 Å². The van der Waals surface area contributed by atoms with Crippen LogP contribution in [0.25, 0.3) is 0 Å². The SMILES string of the molecule is CCN(C(=O)NC(=N)N)c1ccc(F)cc1C. The van der Waals surface area contributed by atoms with E-state index in [2.05, 4.69) is 5.32 Å². The van der Waals surface area contributed by atoms with Crippen molar-refractivity contribution in [3.05, 3.63) is 29.6 Å². The maximum Gasteiger partial charge on any atom is 0.328 e. The average molecular weight is 238 g/mol. The van der Waals surface area contributed by atoms with Gasteiger partial charge in [0.25, 0.3) is 0 Å². The van der Waals surface area contributed by atoms with E-state index in [1.807, 2.05) is 0 Å². The Balaban J connectivity index is 3.01. The summed E-state index contributed by atoms with van der Waals surface area (Å²) in [4.78, 5) is 13.1. The highest BCUT2D eigenvalue weighted by atomic mass is 19.1. The number of hydrogen-bond donors (Lipinski definition) is 3. The molecule has 0 heterocycles. The Hall–Kier alpha value is -2.11. The normalized spacial score (nSPS) is 9.82. The summed E-state index contributed by atoms with van der Waals surface area (Å²) in [5.74, 6) is -0.775. The molecule has 5 nitrogen and oxygen atoms in total. The Kier molecular flexibility index (Phi) is 4.03. The van der Waals surface area contributed by atoms with Crippen molar-refractivity contribution in [1.29, 1.82) is 5.41 Å². The van der Waals surface area contributed by atoms with Gasteiger partial charge in [-0.1, -0.05) is 0 Å². The lowest BCUT2D eigenvalue weighted by molar-refractivity contribution is 0.250. The Labute approximate surface area is 98.9 Å². The standard InChI is InChI=1S/C11H15FN4O/c1-3-16(11(17)15-10(13)14)9-5-4-8(12)6-7(9)2/h4-6H,3H2,1-2H3,(H4,13,14,15,17). The van der Waals surface area contributed by atoms with Gasteiger partial charge in [0, 0.05) is 12.2 Å². The second-order valence-electron chi connectivity index (χ2n) is 3.52. The average Bonchev–Trinajstić information content (AvgIpc) is 2.21. The fourth-order valence-corrected chi connectivity index (χ4v) is 1.53. The molecule has 0 radical (unpaired) electrons. The molecule has 0 fully saturated rings. The summed E-state index contributed by atoms with van der Waals surface area (Å²) in [5, 5.41) is 9.19. The molecule has 0 bridgehead atoms. The highest BCUT2D eigenvalue weighted by Crippen LogP contribution is 2.20. The number of carbonyl (C=O) groups is 1. The number of nitrogens with one attached hydrogen (secondary N) is 2. The Morgan fingerprint density at radius 3 is 2.71 bits per heavy atom. The van der Waals surface area contributed by atoms with Crippen LogP contribution in [0.4, 0.5) is 14.9 Å². The number of anilines is 1. The van der Waals surface area contributed by atoms with Gasteiger partial charge in [-0.15, -0.1) is 0 Å². The first-order valence-electron chi connectivity index (χ1n) is 5.14. The van der Waals surface area contributed by atoms with Gasteiger partial charge in [-0.3, -0.25) is 15.6 Å². The maximum atomic E-state index is 13.0. The molecule has 6 heteroatoms. The van der Waals surface area contributed by atoms with Crippen molar-refractivity contribution < 1.29 is 9.18 Å². The molecule has 0 aliphatic rings. The van der Waals surface area contributed by atoms with Crippen LogP contribution in [0.5, 0.6) is 0 Å². The van der Waals surface area contributed by atoms with Crippen molar-refractivity contribution in [2.24, 2.45) is 5.73 Å². The van der Waals surface area contributed by atoms with Gasteiger partial charge in [0.2, 0.25) is 0 Å². The molecule has 2 amide bonds. The number of aryl methyl sites for hydroxylation is 1. The van der Waals surface area contributed by atoms with Crippen molar-refractivity contribution in [3.63, 3.8) is 0 Å². The second-order valence-corrected chi connectivity index (χ2v) is 3.52. The monoisotopic (exact) mass is 238 g/mol. The van der Waals surface area contributed by atoms with Crippen LogP contribution in [0.15, 0.2) is 18.2 Å². The van der Waals surface area contributed by atoms with Crippen molar-refractivity contribution in [2.45, 2.75) is 13.8 Å². The fourth-order valence-electron chi connectivity index (χ4n) is 1.53. The quantitative estimate of drug-likeness (QED) is 0.539. The van der Waals surface area contributed by atoms with Crippen LogP contribution in [0.2, 0.25) is 0 Å². The third kappa shape index (κ3) is 3.17. The number of urea groups is 1. The van der Waals surface area contributed by atoms with E-state index in [-0.39, 0.29) is 5.82 Å². The Morgan fingerprint density at radius 1 is 1.59 bits per heavy atom. The van der Waals surface area contributed by atoms with Gasteiger partial charge in [0.15, 0.2) is 5.96 Å². The van der Waals surface area contributed by atoms with Gasteiger partial charge in [0.1, 0.15) is 5.82 Å². The van der Waals surface area contributed by atoms with Crippen LogP contribution < -0.4 is 16.0 Å². The summed E-state index contributed by atoms with van der Waals surface area (Å²) in [5.41, 5.74) is 6.33. The molecule has 1 rings (SSSR count). The largest absolute Gasteiger partial charge is 0.370 e. The van der Waals surface area contributed by atoms with Crippen LogP contribution in [-0.2, 0) is 0 Å². The molecule has 1 aromatic carbocycles. The molecule has 0 atom stereocenters. The molecule has 17 heavy (non-hydrogen) atoms. The third-order valence-electron chi connectivity index (χ3n) is 2.25. The summed E-state index contributed by atoms with van der Waals surface area (Å²) in [6.07, 6.45) is 0. The Morgan fingerprint density at radius 2 is 2.24 bits per heavy atom. The predicted molar refractivity (Wildman–Crippen MR) is 64.6 cm³/mol. The highest BCUT2D eigenvalue weighted by Gasteiger charge is 2.16. The molecule has 0 unspecified atom stereocenters. The summed E-state index contributed by atoms with van der Waals surface area (Å²) in [7, 11) is 0. The minimum atomic E-state index is -0.505. The maximum absolute atomic E-state index is 13.0. The van der Waals surface area contributed by atoms with Crippen molar-refractivity contribution >= 4 is 17.7 Å². The van der Waals surface area contributed by atoms with Crippen LogP contribution in [0.1, 0.15) is 12.5 Å². The number of halogens is 1. The summed E-state index contributed by atoms with van der Waals surface area (Å²) in [6, 6.07) is 3.65. The number of rotatable bonds is 2. The lowest BCUT2D eigenvalue weighted by Crippen LogP contribution is -2.45. The minimum Gasteiger partial charge on any atom is -0.370 e. The van der Waals surface area contributed by atoms with Crippen LogP contribution in [-0.4, -0.2) is 18.5 Å². The van der Waals surface area contributed by atoms with Gasteiger partial charge in [-0.25, -0.2) is 9.18 Å². The number of nitrogens with two attached hydrogens (primary N) is 1.